The molecule has 3 aromatic rings. The maximum absolute atomic E-state index is 13.2. The fourth-order valence-corrected chi connectivity index (χ4v) is 4.67. The molecule has 0 radical (unpaired) electrons. The van der Waals surface area contributed by atoms with Crippen LogP contribution in [0.4, 0.5) is 11.4 Å². The zero-order valence-electron chi connectivity index (χ0n) is 17.4. The molecule has 1 aliphatic heterocycles. The number of primary sulfonamides is 1. The van der Waals surface area contributed by atoms with Crippen LogP contribution in [0.2, 0.25) is 0 Å². The molecule has 8 heteroatoms. The Morgan fingerprint density at radius 1 is 0.938 bits per heavy atom. The summed E-state index contributed by atoms with van der Waals surface area (Å²) in [5.74, 6) is -1.21. The lowest BCUT2D eigenvalue weighted by Gasteiger charge is -2.24. The highest BCUT2D eigenvalue weighted by Crippen LogP contribution is 2.36. The van der Waals surface area contributed by atoms with Crippen molar-refractivity contribution in [1.29, 1.82) is 0 Å². The smallest absolute Gasteiger partial charge is 0.338 e. The van der Waals surface area contributed by atoms with Crippen molar-refractivity contribution in [2.24, 2.45) is 5.14 Å². The van der Waals surface area contributed by atoms with E-state index in [4.69, 9.17) is 9.88 Å². The van der Waals surface area contributed by atoms with E-state index < -0.39 is 28.5 Å². The molecule has 0 bridgehead atoms. The summed E-state index contributed by atoms with van der Waals surface area (Å²) >= 11 is 0. The molecule has 0 unspecified atom stereocenters. The highest BCUT2D eigenvalue weighted by Gasteiger charge is 2.26. The van der Waals surface area contributed by atoms with Gasteiger partial charge in [-0.05, 0) is 60.7 Å². The second-order valence-corrected chi connectivity index (χ2v) is 9.12. The van der Waals surface area contributed by atoms with Crippen LogP contribution in [0.25, 0.3) is 0 Å². The number of carbonyl (C=O) groups is 2. The fraction of sp³-hybridized carbons (Fsp3) is 0.167. The molecule has 2 N–H and O–H groups in total. The van der Waals surface area contributed by atoms with Crippen molar-refractivity contribution in [2.45, 2.75) is 24.7 Å². The van der Waals surface area contributed by atoms with Gasteiger partial charge in [0.2, 0.25) is 10.0 Å². The zero-order chi connectivity index (χ0) is 22.9. The van der Waals surface area contributed by atoms with E-state index >= 15 is 0 Å². The van der Waals surface area contributed by atoms with Gasteiger partial charge in [-0.3, -0.25) is 9.69 Å². The number of fused-ring (bicyclic) bond motifs is 2. The number of ether oxygens (including phenoxy) is 1. The van der Waals surface area contributed by atoms with Crippen LogP contribution in [0.1, 0.15) is 27.0 Å². The van der Waals surface area contributed by atoms with Gasteiger partial charge in [0.1, 0.15) is 0 Å². The van der Waals surface area contributed by atoms with Crippen LogP contribution in [-0.2, 0) is 32.4 Å². The van der Waals surface area contributed by atoms with Crippen molar-refractivity contribution in [3.05, 3.63) is 89.0 Å². The maximum atomic E-state index is 13.2. The summed E-state index contributed by atoms with van der Waals surface area (Å²) in [6.07, 6.45) is 1.58. The Balaban J connectivity index is 1.60. The molecule has 0 spiro atoms. The molecule has 32 heavy (non-hydrogen) atoms. The second kappa shape index (κ2) is 8.57. The summed E-state index contributed by atoms with van der Waals surface area (Å²) in [5.41, 5.74) is 3.98. The van der Waals surface area contributed by atoms with Crippen LogP contribution in [-0.4, -0.2) is 26.9 Å². The number of amides is 1. The van der Waals surface area contributed by atoms with Crippen LogP contribution < -0.4 is 10.0 Å². The Kier molecular flexibility index (Phi) is 5.82. The highest BCUT2D eigenvalue weighted by molar-refractivity contribution is 7.89. The fourth-order valence-electron chi connectivity index (χ4n) is 3.86. The Morgan fingerprint density at radius 3 is 2.06 bits per heavy atom. The predicted octanol–water partition coefficient (Wildman–Crippen LogP) is 3.26. The van der Waals surface area contributed by atoms with E-state index in [1.54, 1.807) is 11.8 Å². The third-order valence-corrected chi connectivity index (χ3v) is 6.49. The molecule has 0 atom stereocenters. The average molecular weight is 451 g/mol. The first-order valence-corrected chi connectivity index (χ1v) is 11.6. The van der Waals surface area contributed by atoms with Gasteiger partial charge in [0, 0.05) is 0 Å². The Bertz CT molecular complexity index is 1270. The molecule has 0 saturated heterocycles. The van der Waals surface area contributed by atoms with Crippen molar-refractivity contribution in [3.8, 4) is 0 Å². The van der Waals surface area contributed by atoms with Crippen LogP contribution in [0.15, 0.2) is 71.6 Å². The first-order chi connectivity index (χ1) is 15.3. The van der Waals surface area contributed by atoms with Gasteiger partial charge in [-0.15, -0.1) is 0 Å². The number of anilines is 2. The number of aryl methyl sites for hydroxylation is 3. The van der Waals surface area contributed by atoms with Crippen molar-refractivity contribution < 1.29 is 22.7 Å². The minimum atomic E-state index is -3.99. The largest absolute Gasteiger partial charge is 0.452 e. The number of rotatable bonds is 4. The first-order valence-electron chi connectivity index (χ1n) is 10.0. The normalized spacial score (nSPS) is 13.0. The van der Waals surface area contributed by atoms with Crippen LogP contribution >= 0.6 is 0 Å². The Morgan fingerprint density at radius 2 is 1.50 bits per heavy atom. The van der Waals surface area contributed by atoms with Crippen LogP contribution in [0, 0.1) is 6.92 Å². The van der Waals surface area contributed by atoms with Gasteiger partial charge in [0.25, 0.3) is 5.91 Å². The molecule has 0 aromatic heterocycles. The SMILES string of the molecule is Cc1ccc(C(=O)OCC(=O)N2c3ccccc3CCc3ccccc32)cc1S(N)(=O)=O. The van der Waals surface area contributed by atoms with E-state index in [1.807, 2.05) is 48.5 Å². The van der Waals surface area contributed by atoms with E-state index in [-0.39, 0.29) is 10.5 Å². The third-order valence-electron chi connectivity index (χ3n) is 5.44. The molecule has 4 rings (SSSR count). The molecule has 1 heterocycles. The molecule has 0 aliphatic carbocycles. The van der Waals surface area contributed by atoms with Crippen molar-refractivity contribution in [2.75, 3.05) is 11.5 Å². The summed E-state index contributed by atoms with van der Waals surface area (Å²) < 4.78 is 28.7. The molecular weight excluding hydrogens is 428 g/mol. The number of hydrogen-bond donors (Lipinski definition) is 1. The van der Waals surface area contributed by atoms with E-state index in [0.29, 0.717) is 5.56 Å². The van der Waals surface area contributed by atoms with Crippen molar-refractivity contribution >= 4 is 33.3 Å². The molecule has 1 aliphatic rings. The second-order valence-electron chi connectivity index (χ2n) is 7.59. The van der Waals surface area contributed by atoms with Crippen LogP contribution in [0.3, 0.4) is 0 Å². The van der Waals surface area contributed by atoms with Gasteiger partial charge in [-0.2, -0.15) is 0 Å². The van der Waals surface area contributed by atoms with Crippen LogP contribution in [0.5, 0.6) is 0 Å². The maximum Gasteiger partial charge on any atom is 0.338 e. The van der Waals surface area contributed by atoms with E-state index in [9.17, 15) is 18.0 Å². The van der Waals surface area contributed by atoms with Gasteiger partial charge in [0.05, 0.1) is 21.8 Å². The highest BCUT2D eigenvalue weighted by atomic mass is 32.2. The monoisotopic (exact) mass is 450 g/mol. The molecular formula is C24H22N2O5S. The predicted molar refractivity (Wildman–Crippen MR) is 120 cm³/mol. The molecule has 7 nitrogen and oxygen atoms in total. The van der Waals surface area contributed by atoms with Gasteiger partial charge in [-0.25, -0.2) is 18.4 Å². The first kappa shape index (κ1) is 21.7. The lowest BCUT2D eigenvalue weighted by atomic mass is 10.0. The number of esters is 1. The van der Waals surface area contributed by atoms with E-state index in [0.717, 1.165) is 41.4 Å². The summed E-state index contributed by atoms with van der Waals surface area (Å²) in [6, 6.07) is 19.4. The van der Waals surface area contributed by atoms with Gasteiger partial charge in [-0.1, -0.05) is 42.5 Å². The van der Waals surface area contributed by atoms with Gasteiger partial charge < -0.3 is 4.74 Å². The average Bonchev–Trinajstić information content (AvgIpc) is 2.93. The van der Waals surface area contributed by atoms with Crippen molar-refractivity contribution in [1.82, 2.24) is 0 Å². The summed E-state index contributed by atoms with van der Waals surface area (Å²) in [5, 5.41) is 5.21. The quantitative estimate of drug-likeness (QED) is 0.614. The summed E-state index contributed by atoms with van der Waals surface area (Å²) in [4.78, 5) is 27.2. The molecule has 1 amide bonds. The summed E-state index contributed by atoms with van der Waals surface area (Å²) in [6.45, 7) is 1.08. The topological polar surface area (TPSA) is 107 Å². The van der Waals surface area contributed by atoms with Crippen molar-refractivity contribution in [3.63, 3.8) is 0 Å². The Labute approximate surface area is 186 Å². The van der Waals surface area contributed by atoms with E-state index in [1.165, 1.54) is 12.1 Å². The molecule has 164 valence electrons. The van der Waals surface area contributed by atoms with E-state index in [2.05, 4.69) is 0 Å². The zero-order valence-corrected chi connectivity index (χ0v) is 18.3. The summed E-state index contributed by atoms with van der Waals surface area (Å²) in [7, 11) is -3.99. The molecule has 0 saturated carbocycles. The molecule has 0 fully saturated rings. The van der Waals surface area contributed by atoms with Gasteiger partial charge in [0.15, 0.2) is 6.61 Å². The number of nitrogens with two attached hydrogens (primary N) is 1. The number of para-hydroxylation sites is 2. The third kappa shape index (κ3) is 4.28. The number of hydrogen-bond acceptors (Lipinski definition) is 5. The number of carbonyl (C=O) groups excluding carboxylic acids is 2. The minimum Gasteiger partial charge on any atom is -0.452 e. The molecule has 3 aromatic carbocycles. The number of sulfonamides is 1. The standard InChI is InChI=1S/C24H22N2O5S/c1-16-10-11-19(14-22(16)32(25,29)30)24(28)31-15-23(27)26-20-8-4-2-6-17(20)12-13-18-7-3-5-9-21(18)26/h2-11,14H,12-13,15H2,1H3,(H2,25,29,30). The minimum absolute atomic E-state index is 0.00379. The van der Waals surface area contributed by atoms with Gasteiger partial charge >= 0.3 is 5.97 Å². The lowest BCUT2D eigenvalue weighted by Crippen LogP contribution is -2.31. The lowest BCUT2D eigenvalue weighted by molar-refractivity contribution is -0.120. The number of benzene rings is 3. The Hall–Kier alpha value is -3.49. The number of nitrogens with zero attached hydrogens (tertiary/aromatic N) is 1.